The predicted octanol–water partition coefficient (Wildman–Crippen LogP) is 3.08. The quantitative estimate of drug-likeness (QED) is 0.738. The van der Waals surface area contributed by atoms with Gasteiger partial charge in [-0.25, -0.2) is 9.78 Å². The number of pyridine rings is 1. The van der Waals surface area contributed by atoms with Crippen LogP contribution in [0, 0.1) is 0 Å². The maximum absolute atomic E-state index is 12.5. The molecule has 21 heavy (non-hydrogen) atoms. The lowest BCUT2D eigenvalue weighted by atomic mass is 10.1. The van der Waals surface area contributed by atoms with E-state index in [1.807, 2.05) is 0 Å². The molecule has 0 aliphatic carbocycles. The number of aromatic carboxylic acids is 1. The normalized spacial score (nSPS) is 10.7. The van der Waals surface area contributed by atoms with Crippen LogP contribution in [0.25, 0.3) is 10.9 Å². The second-order valence-corrected chi connectivity index (χ2v) is 4.77. The maximum atomic E-state index is 12.5. The van der Waals surface area contributed by atoms with Gasteiger partial charge in [-0.15, -0.1) is 0 Å². The highest BCUT2D eigenvalue weighted by molar-refractivity contribution is 6.32. The van der Waals surface area contributed by atoms with Crippen LogP contribution in [0.1, 0.15) is 20.7 Å². The Bertz CT molecular complexity index is 870. The second-order valence-electron chi connectivity index (χ2n) is 4.41. The molecule has 0 amide bonds. The lowest BCUT2D eigenvalue weighted by molar-refractivity contribution is 0.0696. The van der Waals surface area contributed by atoms with Crippen LogP contribution in [0.4, 0.5) is 0 Å². The third-order valence-electron chi connectivity index (χ3n) is 3.15. The number of fused-ring (bicyclic) bond motifs is 1. The molecule has 5 nitrogen and oxygen atoms in total. The third-order valence-corrected chi connectivity index (χ3v) is 3.45. The molecule has 104 valence electrons. The Labute approximate surface area is 124 Å². The van der Waals surface area contributed by atoms with Crippen LogP contribution in [0.3, 0.4) is 0 Å². The molecule has 1 aromatic carbocycles. The van der Waals surface area contributed by atoms with Crippen LogP contribution < -0.4 is 0 Å². The van der Waals surface area contributed by atoms with Crippen LogP contribution in [0.2, 0.25) is 5.15 Å². The number of carboxylic acid groups (broad SMARTS) is 1. The topological polar surface area (TPSA) is 72.2 Å². The lowest BCUT2D eigenvalue weighted by Crippen LogP contribution is -2.12. The van der Waals surface area contributed by atoms with Crippen LogP contribution in [-0.4, -0.2) is 26.5 Å². The molecular weight excluding hydrogens is 292 g/mol. The molecule has 0 bridgehead atoms. The standard InChI is InChI=1S/C15H9ClN2O3/c16-13-11(2-1-6-17-13)14(19)18-7-5-9-3-4-10(15(20)21)8-12(9)18/h1-8H,(H,20,21). The number of aromatic nitrogens is 2. The molecule has 2 heterocycles. The molecule has 2 aromatic heterocycles. The molecular formula is C15H9ClN2O3. The monoisotopic (exact) mass is 300 g/mol. The number of carboxylic acids is 1. The minimum Gasteiger partial charge on any atom is -0.478 e. The number of carbonyl (C=O) groups is 2. The summed E-state index contributed by atoms with van der Waals surface area (Å²) in [5.74, 6) is -1.40. The Kier molecular flexibility index (Phi) is 3.19. The number of hydrogen-bond donors (Lipinski definition) is 1. The van der Waals surface area contributed by atoms with Crippen molar-refractivity contribution in [2.75, 3.05) is 0 Å². The minimum absolute atomic E-state index is 0.110. The predicted molar refractivity (Wildman–Crippen MR) is 77.9 cm³/mol. The van der Waals surface area contributed by atoms with E-state index in [9.17, 15) is 9.59 Å². The third kappa shape index (κ3) is 2.28. The van der Waals surface area contributed by atoms with Gasteiger partial charge in [0.2, 0.25) is 0 Å². The van der Waals surface area contributed by atoms with Crippen LogP contribution >= 0.6 is 11.6 Å². The molecule has 0 saturated heterocycles. The van der Waals surface area contributed by atoms with Crippen molar-refractivity contribution >= 4 is 34.4 Å². The zero-order chi connectivity index (χ0) is 15.0. The smallest absolute Gasteiger partial charge is 0.335 e. The molecule has 3 aromatic rings. The zero-order valence-corrected chi connectivity index (χ0v) is 11.4. The zero-order valence-electron chi connectivity index (χ0n) is 10.7. The average molecular weight is 301 g/mol. The highest BCUT2D eigenvalue weighted by Crippen LogP contribution is 2.21. The highest BCUT2D eigenvalue weighted by atomic mass is 35.5. The van der Waals surface area contributed by atoms with Crippen molar-refractivity contribution in [3.05, 3.63) is 65.1 Å². The molecule has 0 aliphatic rings. The summed E-state index contributed by atoms with van der Waals surface area (Å²) in [6.07, 6.45) is 3.08. The van der Waals surface area contributed by atoms with Gasteiger partial charge in [0, 0.05) is 17.8 Å². The number of rotatable bonds is 2. The summed E-state index contributed by atoms with van der Waals surface area (Å²) in [6, 6.07) is 9.55. The van der Waals surface area contributed by atoms with Gasteiger partial charge >= 0.3 is 5.97 Å². The largest absolute Gasteiger partial charge is 0.478 e. The van der Waals surface area contributed by atoms with Gasteiger partial charge in [0.15, 0.2) is 0 Å². The summed E-state index contributed by atoms with van der Waals surface area (Å²) in [6.45, 7) is 0. The average Bonchev–Trinajstić information content (AvgIpc) is 2.90. The highest BCUT2D eigenvalue weighted by Gasteiger charge is 2.16. The molecule has 0 aliphatic heterocycles. The van der Waals surface area contributed by atoms with E-state index in [-0.39, 0.29) is 22.2 Å². The van der Waals surface area contributed by atoms with Crippen molar-refractivity contribution in [3.63, 3.8) is 0 Å². The van der Waals surface area contributed by atoms with Crippen molar-refractivity contribution < 1.29 is 14.7 Å². The van der Waals surface area contributed by atoms with Gasteiger partial charge < -0.3 is 5.11 Å². The Morgan fingerprint density at radius 2 is 2.00 bits per heavy atom. The summed E-state index contributed by atoms with van der Waals surface area (Å²) in [5, 5.41) is 9.93. The molecule has 6 heteroatoms. The van der Waals surface area contributed by atoms with E-state index < -0.39 is 5.97 Å². The fourth-order valence-corrected chi connectivity index (χ4v) is 2.31. The summed E-state index contributed by atoms with van der Waals surface area (Å²) in [7, 11) is 0. The first kappa shape index (κ1) is 13.3. The lowest BCUT2D eigenvalue weighted by Gasteiger charge is -2.06. The van der Waals surface area contributed by atoms with Gasteiger partial charge in [0.1, 0.15) is 5.15 Å². The molecule has 0 spiro atoms. The Morgan fingerprint density at radius 3 is 2.71 bits per heavy atom. The molecule has 0 fully saturated rings. The van der Waals surface area contributed by atoms with E-state index in [1.54, 1.807) is 30.5 Å². The van der Waals surface area contributed by atoms with E-state index in [2.05, 4.69) is 4.98 Å². The van der Waals surface area contributed by atoms with Crippen LogP contribution in [0.15, 0.2) is 48.8 Å². The SMILES string of the molecule is O=C(O)c1ccc2ccn(C(=O)c3cccnc3Cl)c2c1. The molecule has 0 atom stereocenters. The van der Waals surface area contributed by atoms with Gasteiger partial charge in [0.05, 0.1) is 16.6 Å². The Balaban J connectivity index is 2.16. The van der Waals surface area contributed by atoms with Crippen molar-refractivity contribution in [2.24, 2.45) is 0 Å². The van der Waals surface area contributed by atoms with E-state index in [0.717, 1.165) is 5.39 Å². The number of benzene rings is 1. The number of hydrogen-bond acceptors (Lipinski definition) is 3. The first-order chi connectivity index (χ1) is 10.1. The Morgan fingerprint density at radius 1 is 1.19 bits per heavy atom. The van der Waals surface area contributed by atoms with Gasteiger partial charge in [-0.05, 0) is 30.3 Å². The minimum atomic E-state index is -1.04. The summed E-state index contributed by atoms with van der Waals surface area (Å²) < 4.78 is 1.37. The Hall–Kier alpha value is -2.66. The van der Waals surface area contributed by atoms with Crippen molar-refractivity contribution in [3.8, 4) is 0 Å². The summed E-state index contributed by atoms with van der Waals surface area (Å²) in [4.78, 5) is 27.4. The number of nitrogens with zero attached hydrogens (tertiary/aromatic N) is 2. The first-order valence-electron chi connectivity index (χ1n) is 6.07. The van der Waals surface area contributed by atoms with Gasteiger partial charge in [-0.1, -0.05) is 17.7 Å². The number of halogens is 1. The second kappa shape index (κ2) is 5.03. The van der Waals surface area contributed by atoms with E-state index in [1.165, 1.54) is 22.9 Å². The van der Waals surface area contributed by atoms with Gasteiger partial charge in [-0.2, -0.15) is 0 Å². The molecule has 3 rings (SSSR count). The van der Waals surface area contributed by atoms with Gasteiger partial charge in [0.25, 0.3) is 5.91 Å². The van der Waals surface area contributed by atoms with Crippen molar-refractivity contribution in [2.45, 2.75) is 0 Å². The molecule has 0 unspecified atom stereocenters. The fourth-order valence-electron chi connectivity index (χ4n) is 2.11. The maximum Gasteiger partial charge on any atom is 0.335 e. The van der Waals surface area contributed by atoms with E-state index >= 15 is 0 Å². The van der Waals surface area contributed by atoms with Gasteiger partial charge in [-0.3, -0.25) is 9.36 Å². The fraction of sp³-hybridized carbons (Fsp3) is 0. The van der Waals surface area contributed by atoms with E-state index in [0.29, 0.717) is 5.52 Å². The molecule has 0 saturated carbocycles. The van der Waals surface area contributed by atoms with Crippen molar-refractivity contribution in [1.82, 2.24) is 9.55 Å². The van der Waals surface area contributed by atoms with E-state index in [4.69, 9.17) is 16.7 Å². The number of carbonyl (C=O) groups excluding carboxylic acids is 1. The van der Waals surface area contributed by atoms with Crippen molar-refractivity contribution in [1.29, 1.82) is 0 Å². The summed E-state index contributed by atoms with van der Waals surface area (Å²) >= 11 is 5.93. The van der Waals surface area contributed by atoms with Crippen LogP contribution in [0.5, 0.6) is 0 Å². The summed E-state index contributed by atoms with van der Waals surface area (Å²) in [5.41, 5.74) is 0.893. The van der Waals surface area contributed by atoms with Crippen LogP contribution in [-0.2, 0) is 0 Å². The molecule has 0 radical (unpaired) electrons. The molecule has 1 N–H and O–H groups in total. The first-order valence-corrected chi connectivity index (χ1v) is 6.45.